The van der Waals surface area contributed by atoms with Crippen LogP contribution < -0.4 is 5.32 Å². The van der Waals surface area contributed by atoms with Gasteiger partial charge >= 0.3 is 0 Å². The molecule has 1 unspecified atom stereocenters. The summed E-state index contributed by atoms with van der Waals surface area (Å²) in [6, 6.07) is 10.3. The average molecular weight is 193 g/mol. The molecule has 0 bridgehead atoms. The lowest BCUT2D eigenvalue weighted by Crippen LogP contribution is -2.23. The predicted molar refractivity (Wildman–Crippen MR) is 59.4 cm³/mol. The maximum absolute atomic E-state index is 5.67. The molecule has 0 radical (unpaired) electrons. The van der Waals surface area contributed by atoms with E-state index in [-0.39, 0.29) is 6.10 Å². The molecule has 14 heavy (non-hydrogen) atoms. The minimum absolute atomic E-state index is 0.182. The van der Waals surface area contributed by atoms with Gasteiger partial charge in [-0.3, -0.25) is 0 Å². The number of hydrogen-bond acceptors (Lipinski definition) is 2. The van der Waals surface area contributed by atoms with E-state index in [1.165, 1.54) is 5.56 Å². The topological polar surface area (TPSA) is 21.3 Å². The number of ether oxygens (including phenoxy) is 1. The smallest absolute Gasteiger partial charge is 0.0949 e. The fourth-order valence-corrected chi connectivity index (χ4v) is 1.42. The number of rotatable bonds is 6. The van der Waals surface area contributed by atoms with E-state index in [0.717, 1.165) is 19.7 Å². The molecule has 0 aromatic heterocycles. The first-order valence-corrected chi connectivity index (χ1v) is 5.25. The maximum Gasteiger partial charge on any atom is 0.0949 e. The van der Waals surface area contributed by atoms with Gasteiger partial charge in [0, 0.05) is 13.2 Å². The molecule has 0 saturated carbocycles. The fraction of sp³-hybridized carbons (Fsp3) is 0.500. The first-order valence-electron chi connectivity index (χ1n) is 5.25. The van der Waals surface area contributed by atoms with Gasteiger partial charge in [-0.05, 0) is 19.0 Å². The molecule has 0 aliphatic carbocycles. The molecule has 1 aromatic carbocycles. The van der Waals surface area contributed by atoms with Gasteiger partial charge < -0.3 is 10.1 Å². The van der Waals surface area contributed by atoms with Crippen molar-refractivity contribution in [2.45, 2.75) is 20.0 Å². The van der Waals surface area contributed by atoms with Crippen LogP contribution in [-0.2, 0) is 4.74 Å². The Hall–Kier alpha value is -0.860. The Labute approximate surface area is 86.3 Å². The second-order valence-corrected chi connectivity index (χ2v) is 3.16. The molecule has 0 aliphatic heterocycles. The SMILES string of the molecule is CCNCC(OCC)c1ccccc1. The lowest BCUT2D eigenvalue weighted by Gasteiger charge is -2.17. The maximum atomic E-state index is 5.67. The molecule has 2 heteroatoms. The van der Waals surface area contributed by atoms with Crippen LogP contribution in [-0.4, -0.2) is 19.7 Å². The lowest BCUT2D eigenvalue weighted by molar-refractivity contribution is 0.0627. The summed E-state index contributed by atoms with van der Waals surface area (Å²) in [5, 5.41) is 3.31. The molecule has 0 spiro atoms. The summed E-state index contributed by atoms with van der Waals surface area (Å²) in [4.78, 5) is 0. The zero-order valence-electron chi connectivity index (χ0n) is 8.99. The van der Waals surface area contributed by atoms with Crippen LogP contribution in [0, 0.1) is 0 Å². The Balaban J connectivity index is 2.58. The van der Waals surface area contributed by atoms with Crippen LogP contribution in [0.3, 0.4) is 0 Å². The van der Waals surface area contributed by atoms with Crippen molar-refractivity contribution < 1.29 is 4.74 Å². The van der Waals surface area contributed by atoms with E-state index in [1.54, 1.807) is 0 Å². The minimum Gasteiger partial charge on any atom is -0.372 e. The van der Waals surface area contributed by atoms with E-state index >= 15 is 0 Å². The van der Waals surface area contributed by atoms with Crippen molar-refractivity contribution in [2.75, 3.05) is 19.7 Å². The number of likely N-dealkylation sites (N-methyl/N-ethyl adjacent to an activating group) is 1. The molecule has 1 rings (SSSR count). The molecule has 0 heterocycles. The van der Waals surface area contributed by atoms with Gasteiger partial charge in [0.2, 0.25) is 0 Å². The highest BCUT2D eigenvalue weighted by atomic mass is 16.5. The summed E-state index contributed by atoms with van der Waals surface area (Å²) < 4.78 is 5.67. The van der Waals surface area contributed by atoms with Crippen LogP contribution >= 0.6 is 0 Å². The molecule has 0 aliphatic rings. The highest BCUT2D eigenvalue weighted by molar-refractivity contribution is 5.17. The van der Waals surface area contributed by atoms with Crippen molar-refractivity contribution in [2.24, 2.45) is 0 Å². The van der Waals surface area contributed by atoms with Crippen LogP contribution in [0.5, 0.6) is 0 Å². The van der Waals surface area contributed by atoms with Gasteiger partial charge in [0.05, 0.1) is 6.10 Å². The predicted octanol–water partition coefficient (Wildman–Crippen LogP) is 2.37. The summed E-state index contributed by atoms with van der Waals surface area (Å²) >= 11 is 0. The van der Waals surface area contributed by atoms with E-state index in [0.29, 0.717) is 0 Å². The molecule has 2 nitrogen and oxygen atoms in total. The van der Waals surface area contributed by atoms with Crippen LogP contribution in [0.1, 0.15) is 25.5 Å². The Morgan fingerprint density at radius 3 is 2.50 bits per heavy atom. The van der Waals surface area contributed by atoms with Crippen molar-refractivity contribution in [1.29, 1.82) is 0 Å². The molecule has 1 atom stereocenters. The molecular formula is C12H19NO. The fourth-order valence-electron chi connectivity index (χ4n) is 1.42. The Morgan fingerprint density at radius 1 is 1.21 bits per heavy atom. The molecule has 1 N–H and O–H groups in total. The van der Waals surface area contributed by atoms with E-state index in [1.807, 2.05) is 25.1 Å². The van der Waals surface area contributed by atoms with E-state index in [9.17, 15) is 0 Å². The number of hydrogen-bond donors (Lipinski definition) is 1. The first-order chi connectivity index (χ1) is 6.88. The highest BCUT2D eigenvalue weighted by Crippen LogP contribution is 2.15. The average Bonchev–Trinajstić information content (AvgIpc) is 2.25. The summed E-state index contributed by atoms with van der Waals surface area (Å²) in [6.45, 7) is 6.76. The van der Waals surface area contributed by atoms with Crippen LogP contribution in [0.15, 0.2) is 30.3 Å². The van der Waals surface area contributed by atoms with Crippen molar-refractivity contribution in [3.63, 3.8) is 0 Å². The number of benzene rings is 1. The third-order valence-corrected chi connectivity index (χ3v) is 2.12. The second kappa shape index (κ2) is 6.57. The van der Waals surface area contributed by atoms with Gasteiger partial charge in [0.25, 0.3) is 0 Å². The van der Waals surface area contributed by atoms with Crippen molar-refractivity contribution in [3.8, 4) is 0 Å². The largest absolute Gasteiger partial charge is 0.372 e. The standard InChI is InChI=1S/C12H19NO/c1-3-13-10-12(14-4-2)11-8-6-5-7-9-11/h5-9,12-13H,3-4,10H2,1-2H3. The third kappa shape index (κ3) is 3.48. The van der Waals surface area contributed by atoms with Gasteiger partial charge in [-0.15, -0.1) is 0 Å². The summed E-state index contributed by atoms with van der Waals surface area (Å²) in [5.41, 5.74) is 1.25. The van der Waals surface area contributed by atoms with Crippen molar-refractivity contribution in [1.82, 2.24) is 5.32 Å². The van der Waals surface area contributed by atoms with Crippen molar-refractivity contribution in [3.05, 3.63) is 35.9 Å². The Morgan fingerprint density at radius 2 is 1.93 bits per heavy atom. The zero-order valence-corrected chi connectivity index (χ0v) is 8.99. The molecule has 0 fully saturated rings. The van der Waals surface area contributed by atoms with E-state index < -0.39 is 0 Å². The van der Waals surface area contributed by atoms with Gasteiger partial charge in [0.1, 0.15) is 0 Å². The van der Waals surface area contributed by atoms with Gasteiger partial charge in [0.15, 0.2) is 0 Å². The second-order valence-electron chi connectivity index (χ2n) is 3.16. The van der Waals surface area contributed by atoms with Gasteiger partial charge in [-0.25, -0.2) is 0 Å². The molecule has 0 saturated heterocycles. The number of nitrogens with one attached hydrogen (secondary N) is 1. The quantitative estimate of drug-likeness (QED) is 0.749. The summed E-state index contributed by atoms with van der Waals surface area (Å²) in [7, 11) is 0. The summed E-state index contributed by atoms with van der Waals surface area (Å²) in [5.74, 6) is 0. The van der Waals surface area contributed by atoms with Gasteiger partial charge in [-0.2, -0.15) is 0 Å². The molecule has 78 valence electrons. The molecule has 0 amide bonds. The molecule has 1 aromatic rings. The normalized spacial score (nSPS) is 12.7. The highest BCUT2D eigenvalue weighted by Gasteiger charge is 2.09. The Kier molecular flexibility index (Phi) is 5.27. The lowest BCUT2D eigenvalue weighted by atomic mass is 10.1. The minimum atomic E-state index is 0.182. The van der Waals surface area contributed by atoms with Crippen LogP contribution in [0.4, 0.5) is 0 Å². The monoisotopic (exact) mass is 193 g/mol. The van der Waals surface area contributed by atoms with Crippen molar-refractivity contribution >= 4 is 0 Å². The summed E-state index contributed by atoms with van der Waals surface area (Å²) in [6.07, 6.45) is 0.182. The van der Waals surface area contributed by atoms with E-state index in [4.69, 9.17) is 4.74 Å². The third-order valence-electron chi connectivity index (χ3n) is 2.12. The zero-order chi connectivity index (χ0) is 10.2. The Bertz CT molecular complexity index is 235. The van der Waals surface area contributed by atoms with Gasteiger partial charge in [-0.1, -0.05) is 37.3 Å². The van der Waals surface area contributed by atoms with Crippen LogP contribution in [0.2, 0.25) is 0 Å². The first kappa shape index (κ1) is 11.2. The van der Waals surface area contributed by atoms with Crippen LogP contribution in [0.25, 0.3) is 0 Å². The van der Waals surface area contributed by atoms with E-state index in [2.05, 4.69) is 24.4 Å². The molecular weight excluding hydrogens is 174 g/mol.